The van der Waals surface area contributed by atoms with E-state index in [1.807, 2.05) is 13.8 Å². The van der Waals surface area contributed by atoms with Crippen molar-refractivity contribution in [3.8, 4) is 0 Å². The first-order chi connectivity index (χ1) is 9.17. The zero-order chi connectivity index (χ0) is 15.9. The lowest BCUT2D eigenvalue weighted by molar-refractivity contribution is 0.451. The molecule has 0 aliphatic heterocycles. The normalized spacial score (nSPS) is 9.16. The third kappa shape index (κ3) is 45.7. The molecule has 1 heteroatoms. The molecule has 0 amide bonds. The Morgan fingerprint density at radius 2 is 1.11 bits per heavy atom. The van der Waals surface area contributed by atoms with E-state index in [-0.39, 0.29) is 0 Å². The van der Waals surface area contributed by atoms with Crippen LogP contribution in [-0.4, -0.2) is 12.8 Å². The summed E-state index contributed by atoms with van der Waals surface area (Å²) in [5.41, 5.74) is 0. The average molecular weight is 293 g/mol. The van der Waals surface area contributed by atoms with Gasteiger partial charge in [-0.25, -0.2) is 0 Å². The predicted molar refractivity (Wildman–Crippen MR) is 100 cm³/mol. The molecule has 0 aromatic carbocycles. The van der Waals surface area contributed by atoms with Crippen molar-refractivity contribution in [2.75, 3.05) is 12.8 Å². The lowest BCUT2D eigenvalue weighted by atomic mass is 9.98. The highest BCUT2D eigenvalue weighted by Gasteiger charge is 1.98. The largest absolute Gasteiger partial charge is 0.126 e. The van der Waals surface area contributed by atoms with Crippen LogP contribution in [0.2, 0.25) is 0 Å². The molecule has 122 valence electrons. The molecule has 0 nitrogen and oxygen atoms in total. The Morgan fingerprint density at radius 3 is 1.16 bits per heavy atom. The fourth-order valence-electron chi connectivity index (χ4n) is 1.46. The van der Waals surface area contributed by atoms with E-state index in [4.69, 9.17) is 0 Å². The Labute approximate surface area is 128 Å². The highest BCUT2D eigenvalue weighted by atomic mass is 31.1. The standard InChI is InChI=1S/C8H18.C5H12.C3H9P.C2H6/c1-4-7-8(5-2)6-3;1-3-5-4-2;1-3-4-2;1-2/h8H,4-7H2,1-3H3;3-5H2,1-2H3;4H,3H2,1-2H3;1-2H3. The van der Waals surface area contributed by atoms with Crippen LogP contribution in [0.25, 0.3) is 0 Å². The Kier molecular flexibility index (Phi) is 52.9. The van der Waals surface area contributed by atoms with Crippen molar-refractivity contribution < 1.29 is 0 Å². The minimum atomic E-state index is 1.000. The summed E-state index contributed by atoms with van der Waals surface area (Å²) in [5, 5.41) is 0. The Morgan fingerprint density at radius 1 is 0.737 bits per heavy atom. The van der Waals surface area contributed by atoms with Gasteiger partial charge in [0.2, 0.25) is 0 Å². The Hall–Kier alpha value is 0.430. The van der Waals surface area contributed by atoms with E-state index in [1.165, 1.54) is 51.1 Å². The number of rotatable bonds is 7. The van der Waals surface area contributed by atoms with Crippen LogP contribution in [0.15, 0.2) is 0 Å². The minimum absolute atomic E-state index is 1.000. The second-order valence-corrected chi connectivity index (χ2v) is 5.95. The maximum Gasteiger partial charge on any atom is -0.0385 e. The maximum absolute atomic E-state index is 2.28. The molecular weight excluding hydrogens is 247 g/mol. The van der Waals surface area contributed by atoms with E-state index in [1.54, 1.807) is 0 Å². The summed E-state index contributed by atoms with van der Waals surface area (Å²) in [7, 11) is 1.14. The Balaban J connectivity index is -0.0000000886. The van der Waals surface area contributed by atoms with Crippen LogP contribution in [-0.2, 0) is 0 Å². The van der Waals surface area contributed by atoms with Gasteiger partial charge in [0.15, 0.2) is 0 Å². The van der Waals surface area contributed by atoms with Gasteiger partial charge in [-0.3, -0.25) is 0 Å². The molecule has 19 heavy (non-hydrogen) atoms. The molecule has 0 aliphatic carbocycles. The molecule has 1 atom stereocenters. The van der Waals surface area contributed by atoms with Gasteiger partial charge in [-0.1, -0.05) is 100 Å². The molecule has 1 unspecified atom stereocenters. The number of hydrogen-bond donors (Lipinski definition) is 0. The monoisotopic (exact) mass is 292 g/mol. The zero-order valence-electron chi connectivity index (χ0n) is 15.7. The summed E-state index contributed by atoms with van der Waals surface area (Å²) in [6.45, 7) is 19.7. The fourth-order valence-corrected chi connectivity index (χ4v) is 1.46. The molecule has 0 aromatic rings. The van der Waals surface area contributed by atoms with E-state index in [0.29, 0.717) is 0 Å². The van der Waals surface area contributed by atoms with Gasteiger partial charge in [0.05, 0.1) is 0 Å². The third-order valence-electron chi connectivity index (χ3n) is 2.91. The second-order valence-electron chi connectivity index (χ2n) is 4.53. The van der Waals surface area contributed by atoms with Crippen LogP contribution in [0, 0.1) is 5.92 Å². The highest BCUT2D eigenvalue weighted by molar-refractivity contribution is 7.36. The topological polar surface area (TPSA) is 0 Å². The summed E-state index contributed by atoms with van der Waals surface area (Å²) >= 11 is 0. The molecule has 0 aliphatic rings. The van der Waals surface area contributed by atoms with Crippen LogP contribution in [0.5, 0.6) is 0 Å². The Bertz CT molecular complexity index is 83.7. The first-order valence-corrected chi connectivity index (χ1v) is 10.5. The van der Waals surface area contributed by atoms with Crippen LogP contribution >= 0.6 is 8.58 Å². The summed E-state index contributed by atoms with van der Waals surface area (Å²) in [6, 6.07) is 0. The predicted octanol–water partition coefficient (Wildman–Crippen LogP) is 7.76. The van der Waals surface area contributed by atoms with Crippen molar-refractivity contribution in [3.63, 3.8) is 0 Å². The highest BCUT2D eigenvalue weighted by Crippen LogP contribution is 2.13. The van der Waals surface area contributed by atoms with Gasteiger partial charge in [-0.2, -0.15) is 0 Å². The molecule has 0 heterocycles. The van der Waals surface area contributed by atoms with Crippen molar-refractivity contribution in [1.82, 2.24) is 0 Å². The molecule has 0 fully saturated rings. The molecule has 0 radical (unpaired) electrons. The fraction of sp³-hybridized carbons (Fsp3) is 1.00. The number of hydrogen-bond acceptors (Lipinski definition) is 0. The second kappa shape index (κ2) is 36.2. The van der Waals surface area contributed by atoms with E-state index < -0.39 is 0 Å². The van der Waals surface area contributed by atoms with Crippen molar-refractivity contribution in [2.24, 2.45) is 5.92 Å². The van der Waals surface area contributed by atoms with Crippen molar-refractivity contribution in [3.05, 3.63) is 0 Å². The third-order valence-corrected chi connectivity index (χ3v) is 3.62. The molecule has 0 saturated carbocycles. The average Bonchev–Trinajstić information content (AvgIpc) is 2.48. The smallest absolute Gasteiger partial charge is 0.0385 e. The van der Waals surface area contributed by atoms with E-state index in [2.05, 4.69) is 48.2 Å². The van der Waals surface area contributed by atoms with Gasteiger partial charge < -0.3 is 0 Å². The van der Waals surface area contributed by atoms with Crippen LogP contribution in [0.1, 0.15) is 100 Å². The molecule has 0 N–H and O–H groups in total. The van der Waals surface area contributed by atoms with Gasteiger partial charge in [-0.15, -0.1) is 8.58 Å². The lowest BCUT2D eigenvalue weighted by Crippen LogP contribution is -1.94. The summed E-state index contributed by atoms with van der Waals surface area (Å²) in [6.07, 6.45) is 10.9. The minimum Gasteiger partial charge on any atom is -0.126 e. The number of unbranched alkanes of at least 4 members (excludes halogenated alkanes) is 2. The first-order valence-electron chi connectivity index (χ1n) is 8.82. The van der Waals surface area contributed by atoms with Gasteiger partial charge in [0, 0.05) is 0 Å². The van der Waals surface area contributed by atoms with Gasteiger partial charge in [0.25, 0.3) is 0 Å². The van der Waals surface area contributed by atoms with Crippen LogP contribution in [0.3, 0.4) is 0 Å². The van der Waals surface area contributed by atoms with Crippen molar-refractivity contribution in [2.45, 2.75) is 100 Å². The molecular formula is C18H45P. The van der Waals surface area contributed by atoms with E-state index >= 15 is 0 Å². The maximum atomic E-state index is 2.28. The molecule has 0 bridgehead atoms. The van der Waals surface area contributed by atoms with Gasteiger partial charge in [0.1, 0.15) is 0 Å². The van der Waals surface area contributed by atoms with Crippen LogP contribution in [0.4, 0.5) is 0 Å². The first kappa shape index (κ1) is 27.7. The van der Waals surface area contributed by atoms with Crippen molar-refractivity contribution >= 4 is 8.58 Å². The molecule has 0 saturated heterocycles. The molecule has 0 spiro atoms. The van der Waals surface area contributed by atoms with Gasteiger partial charge >= 0.3 is 0 Å². The quantitative estimate of drug-likeness (QED) is 0.420. The van der Waals surface area contributed by atoms with E-state index in [9.17, 15) is 0 Å². The molecule has 0 aromatic heterocycles. The van der Waals surface area contributed by atoms with Crippen molar-refractivity contribution in [1.29, 1.82) is 0 Å². The van der Waals surface area contributed by atoms with E-state index in [0.717, 1.165) is 14.5 Å². The summed E-state index contributed by atoms with van der Waals surface area (Å²) in [5.74, 6) is 1.000. The summed E-state index contributed by atoms with van der Waals surface area (Å²) < 4.78 is 0. The molecule has 0 rings (SSSR count). The van der Waals surface area contributed by atoms with Gasteiger partial charge in [-0.05, 0) is 18.7 Å². The summed E-state index contributed by atoms with van der Waals surface area (Å²) in [4.78, 5) is 0. The lowest BCUT2D eigenvalue weighted by Gasteiger charge is -2.08. The zero-order valence-corrected chi connectivity index (χ0v) is 16.7. The SMILES string of the molecule is CC.CCCC(CC)CC.CCCCC.CCPC. The van der Waals surface area contributed by atoms with Crippen LogP contribution < -0.4 is 0 Å².